The van der Waals surface area contributed by atoms with E-state index in [2.05, 4.69) is 59.9 Å². The largest absolute Gasteiger partial charge is 0.372 e. The van der Waals surface area contributed by atoms with Crippen LogP contribution in [0.15, 0.2) is 66.7 Å². The van der Waals surface area contributed by atoms with Crippen molar-refractivity contribution in [2.24, 2.45) is 0 Å². The minimum atomic E-state index is 0.182. The van der Waals surface area contributed by atoms with Gasteiger partial charge in [-0.2, -0.15) is 0 Å². The molecule has 3 aromatic carbocycles. The number of rotatable bonds is 4. The summed E-state index contributed by atoms with van der Waals surface area (Å²) in [6.07, 6.45) is 1.27. The van der Waals surface area contributed by atoms with Crippen LogP contribution >= 0.6 is 11.6 Å². The second-order valence-corrected chi connectivity index (χ2v) is 7.12. The summed E-state index contributed by atoms with van der Waals surface area (Å²) < 4.78 is 6.32. The topological polar surface area (TPSA) is 21.3 Å². The van der Waals surface area contributed by atoms with Crippen molar-refractivity contribution in [3.8, 4) is 0 Å². The van der Waals surface area contributed by atoms with Gasteiger partial charge in [-0.3, -0.25) is 0 Å². The Kier molecular flexibility index (Phi) is 5.02. The zero-order valence-electron chi connectivity index (χ0n) is 14.1. The fourth-order valence-electron chi connectivity index (χ4n) is 3.63. The number of nitrogens with one attached hydrogen (secondary N) is 1. The van der Waals surface area contributed by atoms with E-state index >= 15 is 0 Å². The van der Waals surface area contributed by atoms with Crippen molar-refractivity contribution >= 4 is 22.4 Å². The van der Waals surface area contributed by atoms with Crippen LogP contribution in [-0.4, -0.2) is 19.2 Å². The van der Waals surface area contributed by atoms with Crippen LogP contribution in [0, 0.1) is 0 Å². The molecule has 3 aromatic rings. The van der Waals surface area contributed by atoms with Crippen LogP contribution < -0.4 is 5.32 Å². The van der Waals surface area contributed by atoms with Gasteiger partial charge in [0.25, 0.3) is 0 Å². The van der Waals surface area contributed by atoms with Gasteiger partial charge in [0.2, 0.25) is 0 Å². The molecule has 0 saturated carbocycles. The van der Waals surface area contributed by atoms with Crippen molar-refractivity contribution in [3.05, 3.63) is 82.9 Å². The SMILES string of the molecule is Clc1ccc(C2CCNCC2OCc2ccc3ccccc3c2)cc1. The van der Waals surface area contributed by atoms with Crippen LogP contribution in [0.1, 0.15) is 23.5 Å². The molecule has 0 radical (unpaired) electrons. The molecular weight excluding hydrogens is 330 g/mol. The summed E-state index contributed by atoms with van der Waals surface area (Å²) in [6.45, 7) is 2.56. The lowest BCUT2D eigenvalue weighted by Crippen LogP contribution is -2.40. The van der Waals surface area contributed by atoms with E-state index in [1.165, 1.54) is 21.9 Å². The van der Waals surface area contributed by atoms with Crippen LogP contribution in [-0.2, 0) is 11.3 Å². The van der Waals surface area contributed by atoms with Gasteiger partial charge in [0.1, 0.15) is 0 Å². The molecule has 128 valence electrons. The molecule has 2 atom stereocenters. The lowest BCUT2D eigenvalue weighted by atomic mass is 9.88. The van der Waals surface area contributed by atoms with Crippen LogP contribution in [0.5, 0.6) is 0 Å². The van der Waals surface area contributed by atoms with E-state index in [1.807, 2.05) is 12.1 Å². The van der Waals surface area contributed by atoms with E-state index in [0.717, 1.165) is 24.5 Å². The van der Waals surface area contributed by atoms with Gasteiger partial charge in [-0.05, 0) is 53.1 Å². The van der Waals surface area contributed by atoms with Gasteiger partial charge in [0, 0.05) is 17.5 Å². The summed E-state index contributed by atoms with van der Waals surface area (Å²) in [6, 6.07) is 23.2. The Balaban J connectivity index is 1.48. The molecule has 0 aliphatic carbocycles. The number of benzene rings is 3. The number of fused-ring (bicyclic) bond motifs is 1. The maximum absolute atomic E-state index is 6.32. The van der Waals surface area contributed by atoms with Crippen molar-refractivity contribution < 1.29 is 4.74 Å². The standard InChI is InChI=1S/C22H22ClNO/c23-20-9-7-18(8-10-20)21-11-12-24-14-22(21)25-15-16-5-6-17-3-1-2-4-19(17)13-16/h1-10,13,21-22,24H,11-12,14-15H2. The minimum Gasteiger partial charge on any atom is -0.372 e. The van der Waals surface area contributed by atoms with Crippen molar-refractivity contribution in [2.45, 2.75) is 25.0 Å². The third kappa shape index (κ3) is 3.87. The summed E-state index contributed by atoms with van der Waals surface area (Å²) in [5, 5.41) is 6.78. The van der Waals surface area contributed by atoms with Gasteiger partial charge >= 0.3 is 0 Å². The summed E-state index contributed by atoms with van der Waals surface area (Å²) in [5.41, 5.74) is 2.54. The summed E-state index contributed by atoms with van der Waals surface area (Å²) in [4.78, 5) is 0. The van der Waals surface area contributed by atoms with Crippen LogP contribution in [0.3, 0.4) is 0 Å². The van der Waals surface area contributed by atoms with E-state index in [4.69, 9.17) is 16.3 Å². The fraction of sp³-hybridized carbons (Fsp3) is 0.273. The lowest BCUT2D eigenvalue weighted by Gasteiger charge is -2.32. The number of hydrogen-bond donors (Lipinski definition) is 1. The lowest BCUT2D eigenvalue weighted by molar-refractivity contribution is 0.0106. The molecule has 0 spiro atoms. The number of hydrogen-bond acceptors (Lipinski definition) is 2. The van der Waals surface area contributed by atoms with Crippen LogP contribution in [0.25, 0.3) is 10.8 Å². The maximum atomic E-state index is 6.32. The predicted octanol–water partition coefficient (Wildman–Crippen LogP) is 5.16. The Hall–Kier alpha value is -1.87. The van der Waals surface area contributed by atoms with Gasteiger partial charge in [-0.25, -0.2) is 0 Å². The van der Waals surface area contributed by atoms with Crippen molar-refractivity contribution in [1.29, 1.82) is 0 Å². The van der Waals surface area contributed by atoms with Crippen molar-refractivity contribution in [1.82, 2.24) is 5.32 Å². The zero-order valence-corrected chi connectivity index (χ0v) is 14.9. The normalized spacial score (nSPS) is 20.7. The Morgan fingerprint density at radius 2 is 1.76 bits per heavy atom. The molecule has 25 heavy (non-hydrogen) atoms. The molecule has 2 unspecified atom stereocenters. The van der Waals surface area contributed by atoms with E-state index < -0.39 is 0 Å². The van der Waals surface area contributed by atoms with E-state index in [0.29, 0.717) is 12.5 Å². The Morgan fingerprint density at radius 3 is 2.60 bits per heavy atom. The molecular formula is C22H22ClNO. The zero-order chi connectivity index (χ0) is 17.1. The molecule has 1 aliphatic rings. The summed E-state index contributed by atoms with van der Waals surface area (Å²) in [5.74, 6) is 0.416. The quantitative estimate of drug-likeness (QED) is 0.701. The Labute approximate surface area is 153 Å². The Bertz CT molecular complexity index is 846. The molecule has 1 N–H and O–H groups in total. The molecule has 0 aromatic heterocycles. The maximum Gasteiger partial charge on any atom is 0.0772 e. The van der Waals surface area contributed by atoms with Crippen LogP contribution in [0.4, 0.5) is 0 Å². The van der Waals surface area contributed by atoms with Gasteiger partial charge in [-0.15, -0.1) is 0 Å². The molecule has 4 rings (SSSR count). The molecule has 1 saturated heterocycles. The fourth-order valence-corrected chi connectivity index (χ4v) is 3.75. The van der Waals surface area contributed by atoms with Gasteiger partial charge in [0.15, 0.2) is 0 Å². The molecule has 2 nitrogen and oxygen atoms in total. The van der Waals surface area contributed by atoms with Gasteiger partial charge in [-0.1, -0.05) is 60.1 Å². The molecule has 1 aliphatic heterocycles. The third-order valence-corrected chi connectivity index (χ3v) is 5.25. The highest BCUT2D eigenvalue weighted by molar-refractivity contribution is 6.30. The molecule has 0 amide bonds. The highest BCUT2D eigenvalue weighted by atomic mass is 35.5. The van der Waals surface area contributed by atoms with Crippen LogP contribution in [0.2, 0.25) is 5.02 Å². The predicted molar refractivity (Wildman–Crippen MR) is 104 cm³/mol. The molecule has 1 fully saturated rings. The molecule has 3 heteroatoms. The summed E-state index contributed by atoms with van der Waals surface area (Å²) >= 11 is 6.03. The average Bonchev–Trinajstić information content (AvgIpc) is 2.67. The first-order valence-electron chi connectivity index (χ1n) is 8.85. The number of halogens is 1. The first-order valence-corrected chi connectivity index (χ1v) is 9.23. The van der Waals surface area contributed by atoms with Gasteiger partial charge < -0.3 is 10.1 Å². The number of piperidine rings is 1. The first-order chi connectivity index (χ1) is 12.3. The third-order valence-electron chi connectivity index (χ3n) is 5.00. The van der Waals surface area contributed by atoms with Crippen molar-refractivity contribution in [2.75, 3.05) is 13.1 Å². The highest BCUT2D eigenvalue weighted by Crippen LogP contribution is 2.29. The monoisotopic (exact) mass is 351 g/mol. The first kappa shape index (κ1) is 16.6. The Morgan fingerprint density at radius 1 is 0.960 bits per heavy atom. The van der Waals surface area contributed by atoms with Crippen molar-refractivity contribution in [3.63, 3.8) is 0 Å². The second kappa shape index (κ2) is 7.57. The molecule has 1 heterocycles. The number of ether oxygens (including phenoxy) is 1. The van der Waals surface area contributed by atoms with E-state index in [1.54, 1.807) is 0 Å². The minimum absolute atomic E-state index is 0.182. The van der Waals surface area contributed by atoms with Gasteiger partial charge in [0.05, 0.1) is 12.7 Å². The van der Waals surface area contributed by atoms with E-state index in [9.17, 15) is 0 Å². The average molecular weight is 352 g/mol. The highest BCUT2D eigenvalue weighted by Gasteiger charge is 2.27. The smallest absolute Gasteiger partial charge is 0.0772 e. The molecule has 0 bridgehead atoms. The summed E-state index contributed by atoms with van der Waals surface area (Å²) in [7, 11) is 0. The van der Waals surface area contributed by atoms with E-state index in [-0.39, 0.29) is 6.10 Å². The second-order valence-electron chi connectivity index (χ2n) is 6.68.